The molecule has 206 valence electrons. The van der Waals surface area contributed by atoms with Crippen LogP contribution in [0, 0.1) is 0 Å². The lowest BCUT2D eigenvalue weighted by Gasteiger charge is -2.34. The molecule has 1 amide bonds. The Kier molecular flexibility index (Phi) is 6.93. The first-order valence-electron chi connectivity index (χ1n) is 12.5. The summed E-state index contributed by atoms with van der Waals surface area (Å²) in [5.74, 6) is 1.44. The van der Waals surface area contributed by atoms with Gasteiger partial charge in [0.15, 0.2) is 20.6 Å². The number of fused-ring (bicyclic) bond motifs is 1. The molecule has 3 aromatic heterocycles. The van der Waals surface area contributed by atoms with Crippen molar-refractivity contribution in [2.24, 2.45) is 0 Å². The van der Waals surface area contributed by atoms with Crippen LogP contribution in [-0.2, 0) is 19.4 Å². The summed E-state index contributed by atoms with van der Waals surface area (Å²) in [6, 6.07) is 8.68. The van der Waals surface area contributed by atoms with Crippen LogP contribution in [0.25, 0.3) is 11.3 Å². The van der Waals surface area contributed by atoms with Crippen molar-refractivity contribution in [3.8, 4) is 22.9 Å². The monoisotopic (exact) mass is 553 g/mol. The Balaban J connectivity index is 1.55. The third kappa shape index (κ3) is 5.96. The zero-order valence-electron chi connectivity index (χ0n) is 22.4. The number of pyridine rings is 3. The van der Waals surface area contributed by atoms with E-state index in [2.05, 4.69) is 25.6 Å². The van der Waals surface area contributed by atoms with E-state index in [9.17, 15) is 13.2 Å². The van der Waals surface area contributed by atoms with Crippen LogP contribution in [0.2, 0.25) is 0 Å². The molecule has 0 radical (unpaired) electrons. The molecule has 4 heterocycles. The molecule has 0 unspecified atom stereocenters. The quantitative estimate of drug-likeness (QED) is 0.439. The number of nitrogens with one attached hydrogen (secondary N) is 2. The standard InChI is InChI=1S/C27H31N5O6S/c1-15(33)29-23-12-21(19(13-28-23)20-6-7-22-26(31-20)37-14-27(2,3)38-22)30-24-10-17(16-8-18(9-16)36-4)11-25(32-24)39(5,34)35/h6-7,10-13,16,18H,8-9,14H2,1-5H3,(H2,28,29,30,32,33). The van der Waals surface area contributed by atoms with Gasteiger partial charge in [0, 0.05) is 38.1 Å². The lowest BCUT2D eigenvalue weighted by atomic mass is 9.78. The molecule has 39 heavy (non-hydrogen) atoms. The summed E-state index contributed by atoms with van der Waals surface area (Å²) < 4.78 is 42.2. The number of carbonyl (C=O) groups excluding carboxylic acids is 1. The van der Waals surface area contributed by atoms with Gasteiger partial charge in [-0.2, -0.15) is 0 Å². The zero-order valence-corrected chi connectivity index (χ0v) is 23.3. The Morgan fingerprint density at radius 1 is 1.13 bits per heavy atom. The van der Waals surface area contributed by atoms with Gasteiger partial charge >= 0.3 is 0 Å². The molecule has 11 nitrogen and oxygen atoms in total. The van der Waals surface area contributed by atoms with E-state index in [1.165, 1.54) is 6.92 Å². The number of carbonyl (C=O) groups is 1. The molecule has 2 N–H and O–H groups in total. The van der Waals surface area contributed by atoms with Crippen LogP contribution in [0.1, 0.15) is 45.1 Å². The minimum atomic E-state index is -3.58. The van der Waals surface area contributed by atoms with E-state index in [1.54, 1.807) is 37.6 Å². The molecular weight excluding hydrogens is 522 g/mol. The van der Waals surface area contributed by atoms with Crippen molar-refractivity contribution >= 4 is 33.1 Å². The Morgan fingerprint density at radius 2 is 1.90 bits per heavy atom. The average Bonchev–Trinajstić information content (AvgIpc) is 2.82. The molecule has 1 aliphatic heterocycles. The molecule has 1 aliphatic carbocycles. The Bertz CT molecular complexity index is 1540. The van der Waals surface area contributed by atoms with Gasteiger partial charge in [0.2, 0.25) is 5.91 Å². The number of amides is 1. The molecule has 1 saturated carbocycles. The lowest BCUT2D eigenvalue weighted by Crippen LogP contribution is -2.39. The van der Waals surface area contributed by atoms with Crippen LogP contribution in [0.15, 0.2) is 41.6 Å². The first kappa shape index (κ1) is 26.8. The van der Waals surface area contributed by atoms with Gasteiger partial charge in [0.1, 0.15) is 23.8 Å². The Hall–Kier alpha value is -3.77. The van der Waals surface area contributed by atoms with Crippen molar-refractivity contribution in [1.29, 1.82) is 0 Å². The molecule has 2 aliphatic rings. The van der Waals surface area contributed by atoms with Crippen molar-refractivity contribution < 1.29 is 27.4 Å². The second kappa shape index (κ2) is 10.1. The Morgan fingerprint density at radius 3 is 2.59 bits per heavy atom. The van der Waals surface area contributed by atoms with E-state index in [1.807, 2.05) is 19.9 Å². The number of anilines is 3. The maximum atomic E-state index is 12.5. The first-order valence-corrected chi connectivity index (χ1v) is 14.4. The smallest absolute Gasteiger partial charge is 0.257 e. The van der Waals surface area contributed by atoms with Crippen molar-refractivity contribution in [2.75, 3.05) is 30.6 Å². The van der Waals surface area contributed by atoms with Crippen molar-refractivity contribution in [3.63, 3.8) is 0 Å². The Labute approximate surface area is 227 Å². The van der Waals surface area contributed by atoms with Gasteiger partial charge in [0.25, 0.3) is 5.88 Å². The second-order valence-electron chi connectivity index (χ2n) is 10.5. The van der Waals surface area contributed by atoms with Gasteiger partial charge in [0.05, 0.1) is 17.5 Å². The van der Waals surface area contributed by atoms with Crippen LogP contribution < -0.4 is 20.1 Å². The van der Waals surface area contributed by atoms with Crippen molar-refractivity contribution in [1.82, 2.24) is 15.0 Å². The average molecular weight is 554 g/mol. The molecule has 0 bridgehead atoms. The third-order valence-electron chi connectivity index (χ3n) is 6.62. The highest BCUT2D eigenvalue weighted by atomic mass is 32.2. The van der Waals surface area contributed by atoms with E-state index >= 15 is 0 Å². The maximum absolute atomic E-state index is 12.5. The van der Waals surface area contributed by atoms with Crippen LogP contribution in [0.4, 0.5) is 17.3 Å². The minimum Gasteiger partial charge on any atom is -0.479 e. The number of ether oxygens (including phenoxy) is 3. The largest absolute Gasteiger partial charge is 0.479 e. The minimum absolute atomic E-state index is 0.0267. The number of hydrogen-bond acceptors (Lipinski definition) is 10. The van der Waals surface area contributed by atoms with E-state index < -0.39 is 15.4 Å². The van der Waals surface area contributed by atoms with Gasteiger partial charge in [-0.1, -0.05) is 0 Å². The van der Waals surface area contributed by atoms with Crippen LogP contribution in [0.5, 0.6) is 11.6 Å². The molecular formula is C27H31N5O6S. The fourth-order valence-electron chi connectivity index (χ4n) is 4.52. The number of nitrogens with zero attached hydrogens (tertiary/aromatic N) is 3. The van der Waals surface area contributed by atoms with Crippen LogP contribution in [-0.4, -0.2) is 61.0 Å². The van der Waals surface area contributed by atoms with Crippen molar-refractivity contribution in [2.45, 2.75) is 56.3 Å². The fraction of sp³-hybridized carbons (Fsp3) is 0.407. The number of rotatable bonds is 7. The molecule has 0 aromatic carbocycles. The highest BCUT2D eigenvalue weighted by Gasteiger charge is 2.32. The number of hydrogen-bond donors (Lipinski definition) is 2. The van der Waals surface area contributed by atoms with Crippen LogP contribution in [0.3, 0.4) is 0 Å². The third-order valence-corrected chi connectivity index (χ3v) is 7.59. The molecule has 1 fully saturated rings. The van der Waals surface area contributed by atoms with Gasteiger partial charge in [-0.3, -0.25) is 4.79 Å². The molecule has 12 heteroatoms. The molecule has 0 atom stereocenters. The molecule has 0 spiro atoms. The summed E-state index contributed by atoms with van der Waals surface area (Å²) >= 11 is 0. The second-order valence-corrected chi connectivity index (χ2v) is 12.5. The van der Waals surface area contributed by atoms with Crippen LogP contribution >= 0.6 is 0 Å². The van der Waals surface area contributed by atoms with E-state index in [0.717, 1.165) is 24.7 Å². The zero-order chi connectivity index (χ0) is 27.9. The predicted molar refractivity (Wildman–Crippen MR) is 145 cm³/mol. The summed E-state index contributed by atoms with van der Waals surface area (Å²) in [4.78, 5) is 25.1. The molecule has 3 aromatic rings. The highest BCUT2D eigenvalue weighted by molar-refractivity contribution is 7.90. The maximum Gasteiger partial charge on any atom is 0.257 e. The van der Waals surface area contributed by atoms with Crippen molar-refractivity contribution in [3.05, 3.63) is 42.1 Å². The number of sulfone groups is 1. The van der Waals surface area contributed by atoms with E-state index in [4.69, 9.17) is 14.2 Å². The summed E-state index contributed by atoms with van der Waals surface area (Å²) in [7, 11) is -1.90. The van der Waals surface area contributed by atoms with Gasteiger partial charge in [-0.05, 0) is 62.4 Å². The fourth-order valence-corrected chi connectivity index (χ4v) is 5.14. The SMILES string of the molecule is COC1CC(c2cc(Nc3cc(NC(C)=O)ncc3-c3ccc4c(n3)OCC(C)(C)O4)nc(S(C)(=O)=O)c2)C1. The van der Waals surface area contributed by atoms with Gasteiger partial charge < -0.3 is 24.8 Å². The van der Waals surface area contributed by atoms with E-state index in [-0.39, 0.29) is 23.0 Å². The van der Waals surface area contributed by atoms with Gasteiger partial charge in [-0.15, -0.1) is 0 Å². The van der Waals surface area contributed by atoms with Gasteiger partial charge in [-0.25, -0.2) is 23.4 Å². The summed E-state index contributed by atoms with van der Waals surface area (Å²) in [6.45, 7) is 5.60. The molecule has 0 saturated heterocycles. The topological polar surface area (TPSA) is 142 Å². The molecule has 5 rings (SSSR count). The first-order chi connectivity index (χ1) is 18.4. The highest BCUT2D eigenvalue weighted by Crippen LogP contribution is 2.41. The normalized spacial score (nSPS) is 19.6. The lowest BCUT2D eigenvalue weighted by molar-refractivity contribution is -0.114. The summed E-state index contributed by atoms with van der Waals surface area (Å²) in [6.07, 6.45) is 4.46. The summed E-state index contributed by atoms with van der Waals surface area (Å²) in [5, 5.41) is 5.90. The predicted octanol–water partition coefficient (Wildman–Crippen LogP) is 4.09. The number of methoxy groups -OCH3 is 1. The number of aromatic nitrogens is 3. The van der Waals surface area contributed by atoms with E-state index in [0.29, 0.717) is 46.8 Å². The summed E-state index contributed by atoms with van der Waals surface area (Å²) in [5.41, 5.74) is 2.05.